The predicted molar refractivity (Wildman–Crippen MR) is 168 cm³/mol. The topological polar surface area (TPSA) is 77.3 Å². The van der Waals surface area contributed by atoms with Gasteiger partial charge in [-0.1, -0.05) is 121 Å². The molecule has 2 heterocycles. The van der Waals surface area contributed by atoms with Gasteiger partial charge < -0.3 is 18.6 Å². The van der Waals surface area contributed by atoms with Gasteiger partial charge in [-0.25, -0.2) is 9.98 Å². The van der Waals surface area contributed by atoms with Crippen molar-refractivity contribution in [3.05, 3.63) is 121 Å². The Hall–Kier alpha value is -3.72. The molecule has 0 aliphatic carbocycles. The molecule has 0 aromatic heterocycles. The van der Waals surface area contributed by atoms with E-state index in [0.717, 1.165) is 21.2 Å². The molecule has 0 amide bonds. The summed E-state index contributed by atoms with van der Waals surface area (Å²) in [6, 6.07) is 38.0. The van der Waals surface area contributed by atoms with E-state index in [2.05, 4.69) is 0 Å². The molecule has 0 saturated carbocycles. The Morgan fingerprint density at radius 3 is 1.07 bits per heavy atom. The van der Waals surface area contributed by atoms with E-state index in [1.54, 1.807) is 0 Å². The van der Waals surface area contributed by atoms with Gasteiger partial charge in [0.25, 0.3) is 0 Å². The largest absolute Gasteiger partial charge is 0.477 e. The van der Waals surface area contributed by atoms with Crippen molar-refractivity contribution in [1.29, 1.82) is 0 Å². The van der Waals surface area contributed by atoms with Crippen LogP contribution in [0.5, 0.6) is 0 Å². The maximum atomic E-state index is 14.8. The Morgan fingerprint density at radius 1 is 0.537 bits per heavy atom. The quantitative estimate of drug-likeness (QED) is 0.255. The van der Waals surface area contributed by atoms with Crippen LogP contribution in [0.3, 0.4) is 0 Å². The lowest BCUT2D eigenvalue weighted by atomic mass is 9.93. The van der Waals surface area contributed by atoms with Gasteiger partial charge in [0.05, 0.1) is 0 Å². The third-order valence-electron chi connectivity index (χ3n) is 7.74. The first-order valence-corrected chi connectivity index (χ1v) is 17.2. The predicted octanol–water partition coefficient (Wildman–Crippen LogP) is 5.55. The highest BCUT2D eigenvalue weighted by Crippen LogP contribution is 2.53. The fourth-order valence-corrected chi connectivity index (χ4v) is 11.0. The van der Waals surface area contributed by atoms with Gasteiger partial charge in [-0.2, -0.15) is 0 Å². The molecule has 4 aromatic carbocycles. The van der Waals surface area contributed by atoms with Crippen LogP contribution < -0.4 is 21.2 Å². The van der Waals surface area contributed by atoms with Crippen LogP contribution in [-0.2, 0) is 18.6 Å². The zero-order valence-corrected chi connectivity index (χ0v) is 24.8. The fourth-order valence-electron chi connectivity index (χ4n) is 5.46. The number of aliphatic imine (C=N–C) groups is 2. The molecule has 0 radical (unpaired) electrons. The first-order valence-electron chi connectivity index (χ1n) is 13.7. The van der Waals surface area contributed by atoms with E-state index in [1.165, 1.54) is 0 Å². The number of hydrogen-bond acceptors (Lipinski definition) is 6. The Labute approximate surface area is 240 Å². The fraction of sp³-hybridized carbons (Fsp3) is 0.212. The summed E-state index contributed by atoms with van der Waals surface area (Å²) in [6.45, 7) is 4.23. The van der Waals surface area contributed by atoms with Crippen molar-refractivity contribution in [2.75, 3.05) is 13.2 Å². The Morgan fingerprint density at radius 2 is 0.805 bits per heavy atom. The zero-order valence-electron chi connectivity index (χ0n) is 23.0. The highest BCUT2D eigenvalue weighted by molar-refractivity contribution is 7.79. The Balaban J connectivity index is 1.36. The summed E-state index contributed by atoms with van der Waals surface area (Å²) in [7, 11) is -6.33. The van der Waals surface area contributed by atoms with Gasteiger partial charge >= 0.3 is 0 Å². The van der Waals surface area contributed by atoms with Crippen molar-refractivity contribution in [3.8, 4) is 0 Å². The summed E-state index contributed by atoms with van der Waals surface area (Å²) in [6.07, 6.45) is 0. The first kappa shape index (κ1) is 27.4. The minimum Gasteiger partial charge on any atom is -0.477 e. The second kappa shape index (κ2) is 10.9. The van der Waals surface area contributed by atoms with E-state index < -0.39 is 31.3 Å². The van der Waals surface area contributed by atoms with Crippen LogP contribution in [0, 0.1) is 5.41 Å². The highest BCUT2D eigenvalue weighted by Gasteiger charge is 2.49. The molecule has 8 heteroatoms. The van der Waals surface area contributed by atoms with Crippen molar-refractivity contribution in [3.63, 3.8) is 0 Å². The van der Waals surface area contributed by atoms with Crippen LogP contribution in [-0.4, -0.2) is 36.6 Å². The molecule has 2 aliphatic rings. The minimum atomic E-state index is -3.17. The molecular formula is C33H32N2O4P2. The van der Waals surface area contributed by atoms with Crippen LogP contribution >= 0.6 is 14.3 Å². The summed E-state index contributed by atoms with van der Waals surface area (Å²) >= 11 is 0. The van der Waals surface area contributed by atoms with Crippen LogP contribution in [0.4, 0.5) is 0 Å². The van der Waals surface area contributed by atoms with Gasteiger partial charge in [0.1, 0.15) is 30.2 Å². The normalized spacial score (nSPS) is 19.2. The number of ether oxygens (including phenoxy) is 2. The van der Waals surface area contributed by atoms with Crippen molar-refractivity contribution in [2.45, 2.75) is 25.4 Å². The van der Waals surface area contributed by atoms with E-state index >= 15 is 0 Å². The van der Waals surface area contributed by atoms with Crippen molar-refractivity contribution in [1.82, 2.24) is 0 Å². The monoisotopic (exact) mass is 582 g/mol. The molecule has 208 valence electrons. The average Bonchev–Trinajstić information content (AvgIpc) is 3.75. The maximum Gasteiger partial charge on any atom is 0.199 e. The standard InChI is InChI=1S/C33H32N2O4P2/c1-33(2,31-34-29(23-38-31)40(36,25-15-7-3-8-16-25)26-17-9-4-10-18-26)32-35-30(24-39-32)41(37,27-19-11-5-12-20-27)28-21-13-6-14-22-28/h3-22,29-30H,23-24H2,1-2H3/t29-,30-/m1/s1. The van der Waals surface area contributed by atoms with Gasteiger partial charge in [-0.15, -0.1) is 0 Å². The van der Waals surface area contributed by atoms with Crippen LogP contribution in [0.15, 0.2) is 131 Å². The Bertz CT molecular complexity index is 1460. The summed E-state index contributed by atoms with van der Waals surface area (Å²) in [5.74, 6) is -0.329. The second-order valence-electron chi connectivity index (χ2n) is 10.7. The van der Waals surface area contributed by atoms with E-state index in [9.17, 15) is 9.13 Å². The molecule has 2 atom stereocenters. The molecule has 0 fully saturated rings. The highest BCUT2D eigenvalue weighted by atomic mass is 31.2. The van der Waals surface area contributed by atoms with E-state index in [1.807, 2.05) is 135 Å². The molecule has 4 aromatic rings. The van der Waals surface area contributed by atoms with E-state index in [-0.39, 0.29) is 13.2 Å². The molecule has 2 aliphatic heterocycles. The maximum absolute atomic E-state index is 14.8. The van der Waals surface area contributed by atoms with Gasteiger partial charge in [-0.05, 0) is 13.8 Å². The summed E-state index contributed by atoms with van der Waals surface area (Å²) in [5, 5.41) is 2.96. The molecule has 41 heavy (non-hydrogen) atoms. The number of rotatable bonds is 8. The minimum absolute atomic E-state index is 0.184. The molecule has 0 saturated heterocycles. The van der Waals surface area contributed by atoms with Crippen molar-refractivity contribution >= 4 is 47.3 Å². The number of nitrogens with zero attached hydrogens (tertiary/aromatic N) is 2. The summed E-state index contributed by atoms with van der Waals surface area (Å²) < 4.78 is 42.0. The molecule has 6 rings (SSSR count). The Kier molecular flexibility index (Phi) is 7.32. The van der Waals surface area contributed by atoms with Crippen LogP contribution in [0.2, 0.25) is 0 Å². The van der Waals surface area contributed by atoms with Crippen molar-refractivity contribution in [2.24, 2.45) is 15.4 Å². The van der Waals surface area contributed by atoms with Gasteiger partial charge in [0.2, 0.25) is 0 Å². The summed E-state index contributed by atoms with van der Waals surface area (Å²) in [4.78, 5) is 9.87. The number of benzene rings is 4. The average molecular weight is 583 g/mol. The van der Waals surface area contributed by atoms with Gasteiger partial charge in [0, 0.05) is 21.2 Å². The molecule has 0 bridgehead atoms. The molecule has 0 N–H and O–H groups in total. The second-order valence-corrected chi connectivity index (χ2v) is 16.6. The van der Waals surface area contributed by atoms with E-state index in [0.29, 0.717) is 11.8 Å². The van der Waals surface area contributed by atoms with Gasteiger partial charge in [0.15, 0.2) is 26.1 Å². The SMILES string of the molecule is CC(C)(C1=N[C@H](P(=O)(c2ccccc2)c2ccccc2)CO1)C1=N[C@H](P(=O)(c2ccccc2)c2ccccc2)CO1. The van der Waals surface area contributed by atoms with Crippen molar-refractivity contribution < 1.29 is 18.6 Å². The van der Waals surface area contributed by atoms with Crippen LogP contribution in [0.1, 0.15) is 13.8 Å². The first-order chi connectivity index (χ1) is 19.8. The zero-order chi connectivity index (χ0) is 28.5. The molecule has 0 unspecified atom stereocenters. The lowest BCUT2D eigenvalue weighted by Gasteiger charge is -2.23. The summed E-state index contributed by atoms with van der Waals surface area (Å²) in [5.41, 5.74) is -0.847. The van der Waals surface area contributed by atoms with Gasteiger partial charge in [-0.3, -0.25) is 0 Å². The molecule has 6 nitrogen and oxygen atoms in total. The lowest BCUT2D eigenvalue weighted by molar-refractivity contribution is 0.276. The lowest BCUT2D eigenvalue weighted by Crippen LogP contribution is -2.34. The smallest absolute Gasteiger partial charge is 0.199 e. The van der Waals surface area contributed by atoms with E-state index in [4.69, 9.17) is 19.5 Å². The third kappa shape index (κ3) is 4.80. The molecular weight excluding hydrogens is 550 g/mol. The number of hydrogen-bond donors (Lipinski definition) is 0. The third-order valence-corrected chi connectivity index (χ3v) is 14.2. The molecule has 0 spiro atoms. The van der Waals surface area contributed by atoms with Crippen LogP contribution in [0.25, 0.3) is 0 Å².